The molecule has 0 saturated carbocycles. The first-order chi connectivity index (χ1) is 10.2. The lowest BCUT2D eigenvalue weighted by Gasteiger charge is -2.20. The summed E-state index contributed by atoms with van der Waals surface area (Å²) in [5.41, 5.74) is 0.202. The smallest absolute Gasteiger partial charge is 0.335 e. The summed E-state index contributed by atoms with van der Waals surface area (Å²) in [4.78, 5) is 12.9. The Morgan fingerprint density at radius 1 is 1.33 bits per heavy atom. The van der Waals surface area contributed by atoms with Gasteiger partial charge in [0.15, 0.2) is 0 Å². The average Bonchev–Trinajstić information content (AvgIpc) is 2.49. The van der Waals surface area contributed by atoms with Crippen molar-refractivity contribution in [3.05, 3.63) is 29.8 Å². The maximum Gasteiger partial charge on any atom is 0.335 e. The van der Waals surface area contributed by atoms with Crippen LogP contribution in [0.3, 0.4) is 0 Å². The van der Waals surface area contributed by atoms with Crippen molar-refractivity contribution in [3.8, 4) is 11.8 Å². The summed E-state index contributed by atoms with van der Waals surface area (Å²) in [7, 11) is 1.64. The molecule has 6 heteroatoms. The van der Waals surface area contributed by atoms with Gasteiger partial charge in [-0.2, -0.15) is 5.26 Å². The minimum atomic E-state index is -0.976. The second kappa shape index (κ2) is 9.75. The van der Waals surface area contributed by atoms with Crippen LogP contribution < -0.4 is 4.74 Å². The van der Waals surface area contributed by atoms with E-state index in [9.17, 15) is 4.79 Å². The van der Waals surface area contributed by atoms with E-state index in [1.807, 2.05) is 0 Å². The van der Waals surface area contributed by atoms with Crippen LogP contribution in [0.5, 0.6) is 5.75 Å². The zero-order valence-corrected chi connectivity index (χ0v) is 12.1. The lowest BCUT2D eigenvalue weighted by atomic mass is 10.2. The van der Waals surface area contributed by atoms with Crippen LogP contribution in [0.2, 0.25) is 0 Å². The molecule has 0 fully saturated rings. The summed E-state index contributed by atoms with van der Waals surface area (Å²) in [5.74, 6) is -0.446. The number of carboxylic acids is 1. The number of rotatable bonds is 10. The number of carboxylic acid groups (broad SMARTS) is 1. The maximum atomic E-state index is 10.9. The molecule has 0 aliphatic heterocycles. The fourth-order valence-corrected chi connectivity index (χ4v) is 1.78. The number of nitrogens with zero attached hydrogens (tertiary/aromatic N) is 2. The van der Waals surface area contributed by atoms with Gasteiger partial charge in [-0.3, -0.25) is 4.90 Å². The van der Waals surface area contributed by atoms with Gasteiger partial charge in [-0.05, 0) is 18.2 Å². The largest absolute Gasteiger partial charge is 0.492 e. The van der Waals surface area contributed by atoms with Gasteiger partial charge in [-0.15, -0.1) is 0 Å². The highest BCUT2D eigenvalue weighted by Crippen LogP contribution is 2.13. The van der Waals surface area contributed by atoms with E-state index in [0.29, 0.717) is 38.5 Å². The summed E-state index contributed by atoms with van der Waals surface area (Å²) in [6, 6.07) is 8.51. The first-order valence-electron chi connectivity index (χ1n) is 6.71. The number of hydrogen-bond donors (Lipinski definition) is 1. The third-order valence-electron chi connectivity index (χ3n) is 2.91. The molecule has 114 valence electrons. The molecule has 0 heterocycles. The quantitative estimate of drug-likeness (QED) is 0.705. The molecule has 0 bridgehead atoms. The highest BCUT2D eigenvalue weighted by Gasteiger charge is 2.06. The Morgan fingerprint density at radius 3 is 2.76 bits per heavy atom. The Kier molecular flexibility index (Phi) is 7.87. The van der Waals surface area contributed by atoms with Gasteiger partial charge in [-0.1, -0.05) is 6.07 Å². The van der Waals surface area contributed by atoms with E-state index in [1.54, 1.807) is 19.2 Å². The van der Waals surface area contributed by atoms with Gasteiger partial charge in [0, 0.05) is 33.2 Å². The fourth-order valence-electron chi connectivity index (χ4n) is 1.78. The molecule has 6 nitrogen and oxygen atoms in total. The van der Waals surface area contributed by atoms with Crippen molar-refractivity contribution >= 4 is 5.97 Å². The van der Waals surface area contributed by atoms with Crippen molar-refractivity contribution in [1.29, 1.82) is 5.26 Å². The zero-order chi connectivity index (χ0) is 15.5. The topological polar surface area (TPSA) is 82.8 Å². The molecule has 0 unspecified atom stereocenters. The van der Waals surface area contributed by atoms with Crippen molar-refractivity contribution in [2.45, 2.75) is 6.42 Å². The molecular weight excluding hydrogens is 272 g/mol. The number of benzene rings is 1. The Hall–Kier alpha value is -2.10. The van der Waals surface area contributed by atoms with Crippen molar-refractivity contribution in [2.24, 2.45) is 0 Å². The molecule has 21 heavy (non-hydrogen) atoms. The van der Waals surface area contributed by atoms with E-state index < -0.39 is 5.97 Å². The first kappa shape index (κ1) is 17.0. The van der Waals surface area contributed by atoms with E-state index in [-0.39, 0.29) is 5.56 Å². The van der Waals surface area contributed by atoms with Gasteiger partial charge in [-0.25, -0.2) is 4.79 Å². The van der Waals surface area contributed by atoms with Gasteiger partial charge in [0.1, 0.15) is 12.4 Å². The van der Waals surface area contributed by atoms with E-state index in [4.69, 9.17) is 19.8 Å². The molecule has 1 N–H and O–H groups in total. The molecule has 0 amide bonds. The summed E-state index contributed by atoms with van der Waals surface area (Å²) >= 11 is 0. The van der Waals surface area contributed by atoms with Crippen LogP contribution in [0.1, 0.15) is 16.8 Å². The number of ether oxygens (including phenoxy) is 2. The molecule has 0 aliphatic rings. The van der Waals surface area contributed by atoms with Gasteiger partial charge in [0.25, 0.3) is 0 Å². The summed E-state index contributed by atoms with van der Waals surface area (Å²) in [6.07, 6.45) is 0.457. The Bertz CT molecular complexity index is 485. The molecule has 0 aromatic heterocycles. The normalized spacial score (nSPS) is 10.3. The van der Waals surface area contributed by atoms with Crippen LogP contribution in [0.25, 0.3) is 0 Å². The van der Waals surface area contributed by atoms with Crippen LogP contribution in [0, 0.1) is 11.3 Å². The Labute approximate surface area is 124 Å². The van der Waals surface area contributed by atoms with Crippen LogP contribution in [0.15, 0.2) is 24.3 Å². The Balaban J connectivity index is 2.43. The molecule has 0 spiro atoms. The second-order valence-corrected chi connectivity index (χ2v) is 4.42. The number of hydrogen-bond acceptors (Lipinski definition) is 5. The van der Waals surface area contributed by atoms with Gasteiger partial charge in [0.05, 0.1) is 18.2 Å². The summed E-state index contributed by atoms with van der Waals surface area (Å²) in [5, 5.41) is 17.5. The number of nitriles is 1. The molecule has 1 aromatic carbocycles. The highest BCUT2D eigenvalue weighted by atomic mass is 16.5. The van der Waals surface area contributed by atoms with Crippen LogP contribution in [0.4, 0.5) is 0 Å². The third-order valence-corrected chi connectivity index (χ3v) is 2.91. The Morgan fingerprint density at radius 2 is 2.10 bits per heavy atom. The molecule has 0 aliphatic carbocycles. The fraction of sp³-hybridized carbons (Fsp3) is 0.467. The van der Waals surface area contributed by atoms with E-state index in [2.05, 4.69) is 11.0 Å². The van der Waals surface area contributed by atoms with Crippen molar-refractivity contribution < 1.29 is 19.4 Å². The van der Waals surface area contributed by atoms with Gasteiger partial charge in [0.2, 0.25) is 0 Å². The monoisotopic (exact) mass is 292 g/mol. The minimum Gasteiger partial charge on any atom is -0.492 e. The molecule has 1 rings (SSSR count). The van der Waals surface area contributed by atoms with Crippen molar-refractivity contribution in [2.75, 3.05) is 40.0 Å². The van der Waals surface area contributed by atoms with Crippen molar-refractivity contribution in [1.82, 2.24) is 4.90 Å². The molecule has 0 radical (unpaired) electrons. The first-order valence-corrected chi connectivity index (χ1v) is 6.71. The van der Waals surface area contributed by atoms with E-state index >= 15 is 0 Å². The van der Waals surface area contributed by atoms with Gasteiger partial charge < -0.3 is 14.6 Å². The third kappa shape index (κ3) is 6.75. The molecule has 0 saturated heterocycles. The maximum absolute atomic E-state index is 10.9. The van der Waals surface area contributed by atoms with E-state index in [1.165, 1.54) is 12.1 Å². The minimum absolute atomic E-state index is 0.202. The predicted molar refractivity (Wildman–Crippen MR) is 77.4 cm³/mol. The number of methoxy groups -OCH3 is 1. The predicted octanol–water partition coefficient (Wildman–Crippen LogP) is 1.63. The average molecular weight is 292 g/mol. The highest BCUT2D eigenvalue weighted by molar-refractivity contribution is 5.87. The van der Waals surface area contributed by atoms with Gasteiger partial charge >= 0.3 is 5.97 Å². The second-order valence-electron chi connectivity index (χ2n) is 4.42. The standard InChI is InChI=1S/C15H20N2O4/c1-20-10-8-17(7-3-6-16)9-11-21-14-5-2-4-13(12-14)15(18)19/h2,4-5,12H,3,7-11H2,1H3,(H,18,19). The lowest BCUT2D eigenvalue weighted by molar-refractivity contribution is 0.0696. The van der Waals surface area contributed by atoms with Crippen LogP contribution >= 0.6 is 0 Å². The SMILES string of the molecule is COCCN(CCC#N)CCOc1cccc(C(=O)O)c1. The van der Waals surface area contributed by atoms with Crippen molar-refractivity contribution in [3.63, 3.8) is 0 Å². The lowest BCUT2D eigenvalue weighted by Crippen LogP contribution is -2.32. The summed E-state index contributed by atoms with van der Waals surface area (Å²) < 4.78 is 10.6. The number of carbonyl (C=O) groups is 1. The van der Waals surface area contributed by atoms with Crippen LogP contribution in [-0.4, -0.2) is 55.9 Å². The van der Waals surface area contributed by atoms with E-state index in [0.717, 1.165) is 6.54 Å². The zero-order valence-electron chi connectivity index (χ0n) is 12.1. The molecular formula is C15H20N2O4. The number of aromatic carboxylic acids is 1. The summed E-state index contributed by atoms with van der Waals surface area (Å²) in [6.45, 7) is 3.08. The van der Waals surface area contributed by atoms with Crippen LogP contribution in [-0.2, 0) is 4.74 Å². The molecule has 0 atom stereocenters. The molecule has 1 aromatic rings.